The molecule has 0 saturated carbocycles. The molecule has 0 bridgehead atoms. The third kappa shape index (κ3) is 2.69. The molecule has 0 aliphatic heterocycles. The van der Waals surface area contributed by atoms with E-state index in [2.05, 4.69) is 10.5 Å². The summed E-state index contributed by atoms with van der Waals surface area (Å²) < 4.78 is 15.3. The van der Waals surface area contributed by atoms with Crippen molar-refractivity contribution >= 4 is 0 Å². The molecule has 0 fully saturated rings. The van der Waals surface area contributed by atoms with Gasteiger partial charge < -0.3 is 0 Å². The molecule has 17 heavy (non-hydrogen) atoms. The Labute approximate surface area is 99.2 Å². The van der Waals surface area contributed by atoms with Crippen molar-refractivity contribution in [2.75, 3.05) is 0 Å². The van der Waals surface area contributed by atoms with Crippen LogP contribution in [0.25, 0.3) is 0 Å². The number of halogens is 1. The van der Waals surface area contributed by atoms with Crippen molar-refractivity contribution in [1.29, 1.82) is 0 Å². The van der Waals surface area contributed by atoms with Gasteiger partial charge in [-0.15, -0.1) is 0 Å². The van der Waals surface area contributed by atoms with Crippen LogP contribution < -0.4 is 11.3 Å². The Hall–Kier alpha value is -1.72. The minimum Gasteiger partial charge on any atom is -0.276 e. The number of nitrogens with zero attached hydrogens (tertiary/aromatic N) is 2. The van der Waals surface area contributed by atoms with Crippen LogP contribution in [-0.2, 0) is 13.5 Å². The van der Waals surface area contributed by atoms with E-state index in [1.165, 1.54) is 6.07 Å². The second-order valence-electron chi connectivity index (χ2n) is 3.93. The molecule has 5 heteroatoms. The van der Waals surface area contributed by atoms with Gasteiger partial charge in [-0.2, -0.15) is 5.10 Å². The molecule has 2 aromatic rings. The fraction of sp³-hybridized carbons (Fsp3) is 0.250. The number of benzene rings is 1. The molecule has 1 atom stereocenters. The summed E-state index contributed by atoms with van der Waals surface area (Å²) in [5, 5.41) is 4.25. The van der Waals surface area contributed by atoms with Crippen molar-refractivity contribution in [2.24, 2.45) is 12.9 Å². The van der Waals surface area contributed by atoms with Crippen LogP contribution in [0.15, 0.2) is 36.5 Å². The Morgan fingerprint density at radius 1 is 1.41 bits per heavy atom. The number of nitrogens with one attached hydrogen (secondary N) is 1. The molecule has 1 aromatic heterocycles. The Morgan fingerprint density at radius 3 is 2.76 bits per heavy atom. The van der Waals surface area contributed by atoms with Crippen molar-refractivity contribution < 1.29 is 4.39 Å². The first-order valence-electron chi connectivity index (χ1n) is 5.40. The minimum atomic E-state index is -0.272. The molecule has 2 rings (SSSR count). The van der Waals surface area contributed by atoms with Crippen molar-refractivity contribution in [2.45, 2.75) is 12.5 Å². The molecule has 1 unspecified atom stereocenters. The van der Waals surface area contributed by atoms with E-state index >= 15 is 0 Å². The molecule has 0 spiro atoms. The molecule has 90 valence electrons. The standard InChI is InChI=1S/C12H15FN4/c1-17-7-6-9(16-17)8-12(15-14)10-4-2-3-5-11(10)13/h2-7,12,15H,8,14H2,1H3. The molecule has 1 heterocycles. The average Bonchev–Trinajstić information content (AvgIpc) is 2.73. The van der Waals surface area contributed by atoms with Gasteiger partial charge in [0, 0.05) is 25.2 Å². The summed E-state index contributed by atoms with van der Waals surface area (Å²) in [4.78, 5) is 0. The Balaban J connectivity index is 2.20. The zero-order chi connectivity index (χ0) is 12.3. The van der Waals surface area contributed by atoms with Crippen LogP contribution in [0, 0.1) is 5.82 Å². The van der Waals surface area contributed by atoms with Gasteiger partial charge in [0.15, 0.2) is 0 Å². The predicted molar refractivity (Wildman–Crippen MR) is 63.4 cm³/mol. The molecule has 0 aliphatic carbocycles. The molecule has 0 aliphatic rings. The first-order chi connectivity index (χ1) is 8.20. The van der Waals surface area contributed by atoms with Gasteiger partial charge in [-0.1, -0.05) is 18.2 Å². The van der Waals surface area contributed by atoms with E-state index in [9.17, 15) is 4.39 Å². The van der Waals surface area contributed by atoms with Gasteiger partial charge in [0.05, 0.1) is 11.7 Å². The van der Waals surface area contributed by atoms with Gasteiger partial charge in [-0.25, -0.2) is 4.39 Å². The minimum absolute atomic E-state index is 0.258. The zero-order valence-corrected chi connectivity index (χ0v) is 9.60. The number of aromatic nitrogens is 2. The second-order valence-corrected chi connectivity index (χ2v) is 3.93. The van der Waals surface area contributed by atoms with Gasteiger partial charge in [-0.3, -0.25) is 16.0 Å². The highest BCUT2D eigenvalue weighted by molar-refractivity contribution is 5.22. The lowest BCUT2D eigenvalue weighted by Gasteiger charge is -2.15. The lowest BCUT2D eigenvalue weighted by Crippen LogP contribution is -2.30. The number of rotatable bonds is 4. The highest BCUT2D eigenvalue weighted by Gasteiger charge is 2.15. The molecule has 3 N–H and O–H groups in total. The van der Waals surface area contributed by atoms with E-state index in [0.29, 0.717) is 12.0 Å². The predicted octanol–water partition coefficient (Wildman–Crippen LogP) is 1.31. The van der Waals surface area contributed by atoms with Crippen LogP contribution in [0.3, 0.4) is 0 Å². The van der Waals surface area contributed by atoms with E-state index < -0.39 is 0 Å². The largest absolute Gasteiger partial charge is 0.276 e. The van der Waals surface area contributed by atoms with E-state index in [1.54, 1.807) is 22.9 Å². The summed E-state index contributed by atoms with van der Waals surface area (Å²) in [6.45, 7) is 0. The van der Waals surface area contributed by atoms with Gasteiger partial charge >= 0.3 is 0 Å². The van der Waals surface area contributed by atoms with Gasteiger partial charge in [0.2, 0.25) is 0 Å². The van der Waals surface area contributed by atoms with E-state index in [4.69, 9.17) is 5.84 Å². The van der Waals surface area contributed by atoms with Crippen LogP contribution in [0.2, 0.25) is 0 Å². The highest BCUT2D eigenvalue weighted by Crippen LogP contribution is 2.19. The summed E-state index contributed by atoms with van der Waals surface area (Å²) in [7, 11) is 1.84. The molecule has 0 saturated heterocycles. The quantitative estimate of drug-likeness (QED) is 0.619. The van der Waals surface area contributed by atoms with Crippen LogP contribution in [0.5, 0.6) is 0 Å². The van der Waals surface area contributed by atoms with Gasteiger partial charge in [0.25, 0.3) is 0 Å². The van der Waals surface area contributed by atoms with Crippen molar-refractivity contribution in [3.05, 3.63) is 53.6 Å². The summed E-state index contributed by atoms with van der Waals surface area (Å²) in [6.07, 6.45) is 2.41. The fourth-order valence-electron chi connectivity index (χ4n) is 1.80. The second kappa shape index (κ2) is 5.07. The zero-order valence-electron chi connectivity index (χ0n) is 9.60. The van der Waals surface area contributed by atoms with E-state index in [0.717, 1.165) is 5.69 Å². The first-order valence-corrected chi connectivity index (χ1v) is 5.40. The number of nitrogens with two attached hydrogens (primary N) is 1. The smallest absolute Gasteiger partial charge is 0.128 e. The monoisotopic (exact) mass is 234 g/mol. The highest BCUT2D eigenvalue weighted by atomic mass is 19.1. The molecule has 4 nitrogen and oxygen atoms in total. The van der Waals surface area contributed by atoms with Crippen LogP contribution in [-0.4, -0.2) is 9.78 Å². The van der Waals surface area contributed by atoms with Gasteiger partial charge in [-0.05, 0) is 12.1 Å². The fourth-order valence-corrected chi connectivity index (χ4v) is 1.80. The van der Waals surface area contributed by atoms with Gasteiger partial charge in [0.1, 0.15) is 5.82 Å². The van der Waals surface area contributed by atoms with E-state index in [-0.39, 0.29) is 11.9 Å². The van der Waals surface area contributed by atoms with Crippen molar-refractivity contribution in [3.8, 4) is 0 Å². The maximum atomic E-state index is 13.6. The normalized spacial score (nSPS) is 12.6. The van der Waals surface area contributed by atoms with E-state index in [1.807, 2.05) is 19.3 Å². The SMILES string of the molecule is Cn1ccc(CC(NN)c2ccccc2F)n1. The Kier molecular flexibility index (Phi) is 3.51. The van der Waals surface area contributed by atoms with Crippen molar-refractivity contribution in [3.63, 3.8) is 0 Å². The van der Waals surface area contributed by atoms with Crippen LogP contribution in [0.1, 0.15) is 17.3 Å². The number of aryl methyl sites for hydroxylation is 1. The summed E-state index contributed by atoms with van der Waals surface area (Å²) in [5.74, 6) is 5.22. The molecular formula is C12H15FN4. The summed E-state index contributed by atoms with van der Waals surface area (Å²) >= 11 is 0. The number of hydrazine groups is 1. The maximum absolute atomic E-state index is 13.6. The average molecular weight is 234 g/mol. The Morgan fingerprint density at radius 2 is 2.18 bits per heavy atom. The van der Waals surface area contributed by atoms with Crippen LogP contribution in [0.4, 0.5) is 4.39 Å². The molecule has 0 amide bonds. The molecule has 0 radical (unpaired) electrons. The maximum Gasteiger partial charge on any atom is 0.128 e. The third-order valence-corrected chi connectivity index (χ3v) is 2.66. The van der Waals surface area contributed by atoms with Crippen molar-refractivity contribution in [1.82, 2.24) is 15.2 Å². The number of hydrogen-bond donors (Lipinski definition) is 2. The third-order valence-electron chi connectivity index (χ3n) is 2.66. The lowest BCUT2D eigenvalue weighted by atomic mass is 10.0. The first kappa shape index (κ1) is 11.8. The van der Waals surface area contributed by atoms with Crippen LogP contribution >= 0.6 is 0 Å². The lowest BCUT2D eigenvalue weighted by molar-refractivity contribution is 0.504. The summed E-state index contributed by atoms with van der Waals surface area (Å²) in [5.41, 5.74) is 4.06. The molecule has 1 aromatic carbocycles. The topological polar surface area (TPSA) is 55.9 Å². The molecular weight excluding hydrogens is 219 g/mol. The Bertz CT molecular complexity index is 495. The summed E-state index contributed by atoms with van der Waals surface area (Å²) in [6, 6.07) is 8.23. The number of hydrogen-bond acceptors (Lipinski definition) is 3.